The second-order valence-electron chi connectivity index (χ2n) is 5.21. The molecule has 27 heavy (non-hydrogen) atoms. The maximum Gasteiger partial charge on any atom is 0.341 e. The van der Waals surface area contributed by atoms with Crippen molar-refractivity contribution in [3.63, 3.8) is 0 Å². The number of hydrogen-bond donors (Lipinski definition) is 3. The molecule has 0 saturated heterocycles. The first-order chi connectivity index (χ1) is 13.0. The van der Waals surface area contributed by atoms with E-state index in [9.17, 15) is 14.4 Å². The van der Waals surface area contributed by atoms with Crippen molar-refractivity contribution in [2.75, 3.05) is 13.2 Å². The molecule has 0 saturated carbocycles. The van der Waals surface area contributed by atoms with Gasteiger partial charge in [0.15, 0.2) is 6.61 Å². The Morgan fingerprint density at radius 2 is 1.81 bits per heavy atom. The van der Waals surface area contributed by atoms with Crippen LogP contribution in [0.4, 0.5) is 0 Å². The SMILES string of the molecule is O=C(O)COc1ccc(/C=N\NC(=O)CNC(=O)c2ccccc2Cl)cc1. The standard InChI is InChI=1S/C18H16ClN3O5/c19-15-4-2-1-3-14(15)18(26)20-10-16(23)22-21-9-12-5-7-13(8-6-12)27-11-17(24)25/h1-9H,10-11H2,(H,20,26)(H,22,23)(H,24,25)/b21-9-. The quantitative estimate of drug-likeness (QED) is 0.469. The third-order valence-corrected chi connectivity index (χ3v) is 3.50. The number of nitrogens with one attached hydrogen (secondary N) is 2. The zero-order valence-corrected chi connectivity index (χ0v) is 14.8. The highest BCUT2D eigenvalue weighted by Gasteiger charge is 2.10. The molecule has 140 valence electrons. The highest BCUT2D eigenvalue weighted by molar-refractivity contribution is 6.33. The molecule has 0 spiro atoms. The number of carboxylic acid groups (broad SMARTS) is 1. The van der Waals surface area contributed by atoms with E-state index in [1.807, 2.05) is 0 Å². The van der Waals surface area contributed by atoms with Crippen LogP contribution in [0.5, 0.6) is 5.75 Å². The van der Waals surface area contributed by atoms with E-state index in [-0.39, 0.29) is 12.1 Å². The Kier molecular flexibility index (Phi) is 7.33. The van der Waals surface area contributed by atoms with Crippen molar-refractivity contribution in [1.29, 1.82) is 0 Å². The van der Waals surface area contributed by atoms with Gasteiger partial charge in [0.2, 0.25) is 0 Å². The Hall–Kier alpha value is -3.39. The van der Waals surface area contributed by atoms with E-state index in [2.05, 4.69) is 15.8 Å². The van der Waals surface area contributed by atoms with Gasteiger partial charge in [0.25, 0.3) is 11.8 Å². The predicted molar refractivity (Wildman–Crippen MR) is 99.1 cm³/mol. The lowest BCUT2D eigenvalue weighted by Crippen LogP contribution is -2.35. The van der Waals surface area contributed by atoms with Crippen molar-refractivity contribution in [3.8, 4) is 5.75 Å². The summed E-state index contributed by atoms with van der Waals surface area (Å²) in [6.45, 7) is -0.688. The van der Waals surface area contributed by atoms with Gasteiger partial charge >= 0.3 is 5.97 Å². The fraction of sp³-hybridized carbons (Fsp3) is 0.111. The lowest BCUT2D eigenvalue weighted by molar-refractivity contribution is -0.139. The van der Waals surface area contributed by atoms with E-state index >= 15 is 0 Å². The first-order valence-corrected chi connectivity index (χ1v) is 8.13. The minimum absolute atomic E-state index is 0.261. The topological polar surface area (TPSA) is 117 Å². The Labute approximate surface area is 159 Å². The average Bonchev–Trinajstić information content (AvgIpc) is 2.66. The molecule has 0 radical (unpaired) electrons. The molecule has 8 nitrogen and oxygen atoms in total. The highest BCUT2D eigenvalue weighted by Crippen LogP contribution is 2.14. The molecule has 0 aromatic heterocycles. The first-order valence-electron chi connectivity index (χ1n) is 7.75. The van der Waals surface area contributed by atoms with Crippen LogP contribution in [0.15, 0.2) is 53.6 Å². The number of amides is 2. The Bertz CT molecular complexity index is 852. The van der Waals surface area contributed by atoms with Gasteiger partial charge in [0, 0.05) is 0 Å². The van der Waals surface area contributed by atoms with Crippen LogP contribution in [0.25, 0.3) is 0 Å². The molecule has 0 aliphatic carbocycles. The molecule has 3 N–H and O–H groups in total. The zero-order chi connectivity index (χ0) is 19.6. The summed E-state index contributed by atoms with van der Waals surface area (Å²) in [4.78, 5) is 34.1. The van der Waals surface area contributed by atoms with Gasteiger partial charge in [0.1, 0.15) is 5.75 Å². The van der Waals surface area contributed by atoms with Crippen LogP contribution in [0.1, 0.15) is 15.9 Å². The molecule has 0 bridgehead atoms. The van der Waals surface area contributed by atoms with Gasteiger partial charge in [-0.15, -0.1) is 0 Å². The molecule has 0 unspecified atom stereocenters. The van der Waals surface area contributed by atoms with Crippen LogP contribution < -0.4 is 15.5 Å². The van der Waals surface area contributed by atoms with Crippen molar-refractivity contribution in [3.05, 3.63) is 64.7 Å². The van der Waals surface area contributed by atoms with E-state index in [1.54, 1.807) is 48.5 Å². The summed E-state index contributed by atoms with van der Waals surface area (Å²) in [6.07, 6.45) is 1.40. The van der Waals surface area contributed by atoms with E-state index in [1.165, 1.54) is 6.21 Å². The molecule has 2 aromatic rings. The van der Waals surface area contributed by atoms with Gasteiger partial charge in [-0.3, -0.25) is 9.59 Å². The Morgan fingerprint density at radius 3 is 2.48 bits per heavy atom. The van der Waals surface area contributed by atoms with Crippen LogP contribution in [0.2, 0.25) is 5.02 Å². The third kappa shape index (κ3) is 6.79. The number of carbonyl (C=O) groups excluding carboxylic acids is 2. The van der Waals surface area contributed by atoms with E-state index < -0.39 is 24.4 Å². The van der Waals surface area contributed by atoms with Crippen molar-refractivity contribution < 1.29 is 24.2 Å². The van der Waals surface area contributed by atoms with E-state index in [0.717, 1.165) is 0 Å². The molecule has 0 heterocycles. The highest BCUT2D eigenvalue weighted by atomic mass is 35.5. The lowest BCUT2D eigenvalue weighted by Gasteiger charge is -2.05. The summed E-state index contributed by atoms with van der Waals surface area (Å²) in [5, 5.41) is 15.1. The van der Waals surface area contributed by atoms with Gasteiger partial charge in [-0.1, -0.05) is 23.7 Å². The largest absolute Gasteiger partial charge is 0.482 e. The molecule has 2 rings (SSSR count). The van der Waals surface area contributed by atoms with Crippen molar-refractivity contribution >= 4 is 35.6 Å². The monoisotopic (exact) mass is 389 g/mol. The van der Waals surface area contributed by atoms with Gasteiger partial charge in [-0.05, 0) is 42.0 Å². The van der Waals surface area contributed by atoms with Gasteiger partial charge in [0.05, 0.1) is 23.3 Å². The number of aliphatic carboxylic acids is 1. The average molecular weight is 390 g/mol. The third-order valence-electron chi connectivity index (χ3n) is 3.17. The molecule has 2 aromatic carbocycles. The Morgan fingerprint density at radius 1 is 1.11 bits per heavy atom. The second-order valence-corrected chi connectivity index (χ2v) is 5.61. The molecular formula is C18H16ClN3O5. The second kappa shape index (κ2) is 9.93. The van der Waals surface area contributed by atoms with Crippen LogP contribution in [-0.4, -0.2) is 42.3 Å². The maximum atomic E-state index is 11.9. The Balaban J connectivity index is 1.77. The summed E-state index contributed by atoms with van der Waals surface area (Å²) in [5.74, 6) is -1.63. The molecule has 2 amide bonds. The number of hydrazone groups is 1. The summed E-state index contributed by atoms with van der Waals surface area (Å²) in [7, 11) is 0. The van der Waals surface area contributed by atoms with Crippen molar-refractivity contribution in [2.45, 2.75) is 0 Å². The number of benzene rings is 2. The normalized spacial score (nSPS) is 10.4. The van der Waals surface area contributed by atoms with Gasteiger partial charge in [-0.2, -0.15) is 5.10 Å². The zero-order valence-electron chi connectivity index (χ0n) is 14.0. The summed E-state index contributed by atoms with van der Waals surface area (Å²) in [5.41, 5.74) is 3.22. The number of carbonyl (C=O) groups is 3. The number of ether oxygens (including phenoxy) is 1. The lowest BCUT2D eigenvalue weighted by atomic mass is 10.2. The number of hydrogen-bond acceptors (Lipinski definition) is 5. The molecule has 0 fully saturated rings. The molecular weight excluding hydrogens is 374 g/mol. The minimum Gasteiger partial charge on any atom is -0.482 e. The van der Waals surface area contributed by atoms with Crippen LogP contribution >= 0.6 is 11.6 Å². The van der Waals surface area contributed by atoms with Crippen molar-refractivity contribution in [1.82, 2.24) is 10.7 Å². The van der Waals surface area contributed by atoms with Crippen LogP contribution in [0, 0.1) is 0 Å². The fourth-order valence-corrected chi connectivity index (χ4v) is 2.14. The van der Waals surface area contributed by atoms with Crippen molar-refractivity contribution in [2.24, 2.45) is 5.10 Å². The first kappa shape index (κ1) is 19.9. The molecule has 0 atom stereocenters. The smallest absolute Gasteiger partial charge is 0.341 e. The number of nitrogens with zero attached hydrogens (tertiary/aromatic N) is 1. The number of carboxylic acids is 1. The maximum absolute atomic E-state index is 11.9. The van der Waals surface area contributed by atoms with E-state index in [4.69, 9.17) is 21.4 Å². The van der Waals surface area contributed by atoms with Crippen LogP contribution in [0.3, 0.4) is 0 Å². The van der Waals surface area contributed by atoms with Gasteiger partial charge in [-0.25, -0.2) is 10.2 Å². The van der Waals surface area contributed by atoms with Crippen LogP contribution in [-0.2, 0) is 9.59 Å². The molecule has 0 aliphatic rings. The number of halogens is 1. The summed E-state index contributed by atoms with van der Waals surface area (Å²) in [6, 6.07) is 13.0. The van der Waals surface area contributed by atoms with Gasteiger partial charge < -0.3 is 15.2 Å². The summed E-state index contributed by atoms with van der Waals surface area (Å²) >= 11 is 5.91. The molecule has 0 aliphatic heterocycles. The molecule has 9 heteroatoms. The fourth-order valence-electron chi connectivity index (χ4n) is 1.91. The number of rotatable bonds is 8. The van der Waals surface area contributed by atoms with E-state index in [0.29, 0.717) is 16.3 Å². The summed E-state index contributed by atoms with van der Waals surface area (Å²) < 4.78 is 5.00. The predicted octanol–water partition coefficient (Wildman–Crippen LogP) is 1.68. The minimum atomic E-state index is -1.06.